The summed E-state index contributed by atoms with van der Waals surface area (Å²) in [4.78, 5) is 15.4. The summed E-state index contributed by atoms with van der Waals surface area (Å²) in [6.07, 6.45) is 5.39. The molecule has 1 amide bonds. The lowest BCUT2D eigenvalue weighted by molar-refractivity contribution is 0.100. The van der Waals surface area contributed by atoms with Crippen molar-refractivity contribution in [1.29, 1.82) is 0 Å². The van der Waals surface area contributed by atoms with Gasteiger partial charge in [0.25, 0.3) is 0 Å². The van der Waals surface area contributed by atoms with Crippen LogP contribution in [0, 0.1) is 0 Å². The van der Waals surface area contributed by atoms with Gasteiger partial charge in [0.2, 0.25) is 5.91 Å². The molecule has 18 heavy (non-hydrogen) atoms. The van der Waals surface area contributed by atoms with Crippen LogP contribution in [0.5, 0.6) is 0 Å². The predicted molar refractivity (Wildman–Crippen MR) is 69.6 cm³/mol. The SMILES string of the molecule is NC(=O)c1cccc2c1ccn2-c1ccncc1. The van der Waals surface area contributed by atoms with Crippen LogP contribution >= 0.6 is 0 Å². The minimum absolute atomic E-state index is 0.409. The molecule has 0 atom stereocenters. The number of hydrogen-bond donors (Lipinski definition) is 1. The van der Waals surface area contributed by atoms with Gasteiger partial charge in [-0.2, -0.15) is 0 Å². The van der Waals surface area contributed by atoms with Gasteiger partial charge in [-0.15, -0.1) is 0 Å². The highest BCUT2D eigenvalue weighted by Gasteiger charge is 2.09. The molecule has 3 rings (SSSR count). The number of primary amides is 1. The molecule has 1 aromatic carbocycles. The van der Waals surface area contributed by atoms with Gasteiger partial charge >= 0.3 is 0 Å². The molecule has 0 unspecified atom stereocenters. The van der Waals surface area contributed by atoms with Crippen molar-refractivity contribution in [3.05, 3.63) is 60.6 Å². The number of nitrogens with two attached hydrogens (primary N) is 1. The number of benzene rings is 1. The van der Waals surface area contributed by atoms with Crippen LogP contribution in [0.2, 0.25) is 0 Å². The lowest BCUT2D eigenvalue weighted by atomic mass is 10.1. The molecule has 0 fully saturated rings. The van der Waals surface area contributed by atoms with Crippen molar-refractivity contribution in [2.45, 2.75) is 0 Å². The zero-order valence-electron chi connectivity index (χ0n) is 9.58. The molecule has 2 N–H and O–H groups in total. The van der Waals surface area contributed by atoms with Crippen molar-refractivity contribution in [3.63, 3.8) is 0 Å². The van der Waals surface area contributed by atoms with E-state index in [9.17, 15) is 4.79 Å². The van der Waals surface area contributed by atoms with E-state index in [0.717, 1.165) is 16.6 Å². The first-order chi connectivity index (χ1) is 8.77. The summed E-state index contributed by atoms with van der Waals surface area (Å²) in [5.74, 6) is -0.409. The predicted octanol–water partition coefficient (Wildman–Crippen LogP) is 2.12. The molecule has 0 spiro atoms. The minimum atomic E-state index is -0.409. The Labute approximate surface area is 104 Å². The number of rotatable bonds is 2. The Morgan fingerprint density at radius 2 is 1.89 bits per heavy atom. The molecule has 2 heterocycles. The molecule has 4 nitrogen and oxygen atoms in total. The van der Waals surface area contributed by atoms with Crippen LogP contribution in [0.1, 0.15) is 10.4 Å². The summed E-state index contributed by atoms with van der Waals surface area (Å²) < 4.78 is 2.00. The molecule has 4 heteroatoms. The Kier molecular flexibility index (Phi) is 2.34. The van der Waals surface area contributed by atoms with E-state index in [-0.39, 0.29) is 0 Å². The molecule has 0 bridgehead atoms. The summed E-state index contributed by atoms with van der Waals surface area (Å²) in [5, 5.41) is 0.863. The van der Waals surface area contributed by atoms with Crippen LogP contribution in [0.3, 0.4) is 0 Å². The van der Waals surface area contributed by atoms with Gasteiger partial charge in [-0.25, -0.2) is 0 Å². The highest BCUT2D eigenvalue weighted by atomic mass is 16.1. The Bertz CT molecular complexity index is 716. The fourth-order valence-corrected chi connectivity index (χ4v) is 2.11. The number of carbonyl (C=O) groups excluding carboxylic acids is 1. The van der Waals surface area contributed by atoms with Crippen LogP contribution in [-0.2, 0) is 0 Å². The quantitative estimate of drug-likeness (QED) is 0.742. The van der Waals surface area contributed by atoms with E-state index in [1.165, 1.54) is 0 Å². The second-order valence-electron chi connectivity index (χ2n) is 3.99. The van der Waals surface area contributed by atoms with E-state index in [1.807, 2.05) is 41.1 Å². The lowest BCUT2D eigenvalue weighted by Gasteiger charge is -2.05. The first-order valence-electron chi connectivity index (χ1n) is 5.57. The van der Waals surface area contributed by atoms with Crippen molar-refractivity contribution < 1.29 is 4.79 Å². The molecule has 0 saturated carbocycles. The Hall–Kier alpha value is -2.62. The monoisotopic (exact) mass is 237 g/mol. The summed E-state index contributed by atoms with van der Waals surface area (Å²) in [6, 6.07) is 11.3. The van der Waals surface area contributed by atoms with Gasteiger partial charge in [-0.05, 0) is 30.3 Å². The summed E-state index contributed by atoms with van der Waals surface area (Å²) in [7, 11) is 0. The van der Waals surface area contributed by atoms with Gasteiger partial charge in [-0.1, -0.05) is 6.07 Å². The number of pyridine rings is 1. The van der Waals surface area contributed by atoms with E-state index in [2.05, 4.69) is 4.98 Å². The maximum absolute atomic E-state index is 11.4. The Morgan fingerprint density at radius 1 is 1.11 bits per heavy atom. The van der Waals surface area contributed by atoms with Gasteiger partial charge in [-0.3, -0.25) is 9.78 Å². The van der Waals surface area contributed by atoms with Crippen LogP contribution < -0.4 is 5.73 Å². The van der Waals surface area contributed by atoms with Crippen molar-refractivity contribution in [3.8, 4) is 5.69 Å². The van der Waals surface area contributed by atoms with Crippen LogP contribution in [-0.4, -0.2) is 15.5 Å². The Balaban J connectivity index is 2.28. The van der Waals surface area contributed by atoms with E-state index >= 15 is 0 Å². The second-order valence-corrected chi connectivity index (χ2v) is 3.99. The number of nitrogens with zero attached hydrogens (tertiary/aromatic N) is 2. The molecule has 0 radical (unpaired) electrons. The number of carbonyl (C=O) groups is 1. The minimum Gasteiger partial charge on any atom is -0.366 e. The molecule has 88 valence electrons. The normalized spacial score (nSPS) is 10.7. The largest absolute Gasteiger partial charge is 0.366 e. The third-order valence-electron chi connectivity index (χ3n) is 2.94. The fraction of sp³-hybridized carbons (Fsp3) is 0. The second kappa shape index (κ2) is 4.00. The fourth-order valence-electron chi connectivity index (χ4n) is 2.11. The third kappa shape index (κ3) is 1.55. The van der Waals surface area contributed by atoms with Gasteiger partial charge in [0.05, 0.1) is 5.52 Å². The Morgan fingerprint density at radius 3 is 2.61 bits per heavy atom. The highest BCUT2D eigenvalue weighted by molar-refractivity contribution is 6.06. The zero-order chi connectivity index (χ0) is 12.5. The zero-order valence-corrected chi connectivity index (χ0v) is 9.58. The van der Waals surface area contributed by atoms with Crippen LogP contribution in [0.15, 0.2) is 55.0 Å². The van der Waals surface area contributed by atoms with Crippen molar-refractivity contribution in [1.82, 2.24) is 9.55 Å². The van der Waals surface area contributed by atoms with E-state index in [0.29, 0.717) is 5.56 Å². The third-order valence-corrected chi connectivity index (χ3v) is 2.94. The molecule has 0 aliphatic carbocycles. The van der Waals surface area contributed by atoms with Crippen molar-refractivity contribution >= 4 is 16.8 Å². The smallest absolute Gasteiger partial charge is 0.249 e. The lowest BCUT2D eigenvalue weighted by Crippen LogP contribution is -2.11. The first-order valence-corrected chi connectivity index (χ1v) is 5.57. The molecule has 0 aliphatic rings. The van der Waals surface area contributed by atoms with E-state index in [1.54, 1.807) is 18.5 Å². The molecule has 0 aliphatic heterocycles. The number of aromatic nitrogens is 2. The number of amides is 1. The maximum Gasteiger partial charge on any atom is 0.249 e. The number of hydrogen-bond acceptors (Lipinski definition) is 2. The van der Waals surface area contributed by atoms with E-state index in [4.69, 9.17) is 5.73 Å². The molecule has 2 aromatic heterocycles. The van der Waals surface area contributed by atoms with Crippen molar-refractivity contribution in [2.24, 2.45) is 5.73 Å². The van der Waals surface area contributed by atoms with Gasteiger partial charge < -0.3 is 10.3 Å². The standard InChI is InChI=1S/C14H11N3O/c15-14(18)12-2-1-3-13-11(12)6-9-17(13)10-4-7-16-8-5-10/h1-9H,(H2,15,18). The van der Waals surface area contributed by atoms with Gasteiger partial charge in [0, 0.05) is 35.2 Å². The van der Waals surface area contributed by atoms with E-state index < -0.39 is 5.91 Å². The molecular formula is C14H11N3O. The van der Waals surface area contributed by atoms with Gasteiger partial charge in [0.1, 0.15) is 0 Å². The van der Waals surface area contributed by atoms with Crippen LogP contribution in [0.4, 0.5) is 0 Å². The topological polar surface area (TPSA) is 60.9 Å². The molecular weight excluding hydrogens is 226 g/mol. The van der Waals surface area contributed by atoms with Crippen molar-refractivity contribution in [2.75, 3.05) is 0 Å². The maximum atomic E-state index is 11.4. The van der Waals surface area contributed by atoms with Gasteiger partial charge in [0.15, 0.2) is 0 Å². The van der Waals surface area contributed by atoms with Crippen LogP contribution in [0.25, 0.3) is 16.6 Å². The summed E-state index contributed by atoms with van der Waals surface area (Å²) >= 11 is 0. The average Bonchev–Trinajstić information content (AvgIpc) is 2.83. The molecule has 3 aromatic rings. The summed E-state index contributed by atoms with van der Waals surface area (Å²) in [5.41, 5.74) is 7.87. The number of fused-ring (bicyclic) bond motifs is 1. The summed E-state index contributed by atoms with van der Waals surface area (Å²) in [6.45, 7) is 0. The average molecular weight is 237 g/mol. The highest BCUT2D eigenvalue weighted by Crippen LogP contribution is 2.23. The molecule has 0 saturated heterocycles. The first kappa shape index (κ1) is 10.5.